The van der Waals surface area contributed by atoms with Crippen LogP contribution in [0.3, 0.4) is 0 Å². The molecule has 0 bridgehead atoms. The van der Waals surface area contributed by atoms with Crippen molar-refractivity contribution in [1.29, 1.82) is 0 Å². The lowest BCUT2D eigenvalue weighted by molar-refractivity contribution is -0.177. The monoisotopic (exact) mass is 500 g/mol. The van der Waals surface area contributed by atoms with Crippen LogP contribution in [0, 0.1) is 0 Å². The highest BCUT2D eigenvalue weighted by atomic mass is 16.6. The van der Waals surface area contributed by atoms with Crippen molar-refractivity contribution in [1.82, 2.24) is 10.6 Å². The van der Waals surface area contributed by atoms with E-state index in [1.54, 1.807) is 50.6 Å². The van der Waals surface area contributed by atoms with Gasteiger partial charge in [-0.3, -0.25) is 9.59 Å². The van der Waals surface area contributed by atoms with Crippen LogP contribution < -0.4 is 10.6 Å². The number of ether oxygens (including phenoxy) is 4. The standard InChI is InChI=1S/C26H32N2O8/c1-33-11-9-27-17-21-7-3-5-19(13-21)15-23(29)35-25(31)26(32)36-24(30)16-20-6-4-8-22(14-20)18-28-10-12-34-2/h3-8,13-14,27-28H,9-12,15-18H2,1-2H3. The predicted octanol–water partition coefficient (Wildman–Crippen LogP) is 1.08. The Balaban J connectivity index is 1.78. The first-order valence-electron chi connectivity index (χ1n) is 11.5. The smallest absolute Gasteiger partial charge is 0.384 e. The van der Waals surface area contributed by atoms with Crippen molar-refractivity contribution in [2.75, 3.05) is 40.5 Å². The Morgan fingerprint density at radius 2 is 1.03 bits per heavy atom. The van der Waals surface area contributed by atoms with E-state index in [2.05, 4.69) is 20.1 Å². The third-order valence-corrected chi connectivity index (χ3v) is 4.88. The average molecular weight is 501 g/mol. The Labute approximate surface area is 210 Å². The molecule has 0 aliphatic heterocycles. The van der Waals surface area contributed by atoms with Gasteiger partial charge in [0.25, 0.3) is 0 Å². The van der Waals surface area contributed by atoms with Crippen LogP contribution in [0.4, 0.5) is 0 Å². The topological polar surface area (TPSA) is 129 Å². The van der Waals surface area contributed by atoms with Crippen LogP contribution in [0.1, 0.15) is 22.3 Å². The van der Waals surface area contributed by atoms with E-state index in [1.165, 1.54) is 0 Å². The Morgan fingerprint density at radius 3 is 1.42 bits per heavy atom. The number of hydrogen-bond acceptors (Lipinski definition) is 10. The van der Waals surface area contributed by atoms with E-state index < -0.39 is 23.9 Å². The summed E-state index contributed by atoms with van der Waals surface area (Å²) in [5, 5.41) is 6.37. The molecule has 2 aromatic rings. The fourth-order valence-corrected chi connectivity index (χ4v) is 3.21. The van der Waals surface area contributed by atoms with E-state index in [-0.39, 0.29) is 12.8 Å². The molecule has 2 rings (SSSR count). The van der Waals surface area contributed by atoms with Crippen molar-refractivity contribution in [3.63, 3.8) is 0 Å². The van der Waals surface area contributed by atoms with Gasteiger partial charge in [0.2, 0.25) is 0 Å². The second kappa shape index (κ2) is 16.3. The minimum absolute atomic E-state index is 0.218. The molecule has 2 aromatic carbocycles. The highest BCUT2D eigenvalue weighted by Gasteiger charge is 2.24. The van der Waals surface area contributed by atoms with Gasteiger partial charge in [-0.05, 0) is 22.3 Å². The van der Waals surface area contributed by atoms with Gasteiger partial charge < -0.3 is 29.6 Å². The van der Waals surface area contributed by atoms with Crippen LogP contribution in [-0.4, -0.2) is 64.4 Å². The molecule has 194 valence electrons. The Hall–Kier alpha value is -3.44. The summed E-state index contributed by atoms with van der Waals surface area (Å²) in [5.74, 6) is -4.94. The second-order valence-corrected chi connectivity index (χ2v) is 7.86. The van der Waals surface area contributed by atoms with Crippen molar-refractivity contribution in [2.24, 2.45) is 0 Å². The summed E-state index contributed by atoms with van der Waals surface area (Å²) in [6.07, 6.45) is -0.436. The van der Waals surface area contributed by atoms with Crippen molar-refractivity contribution in [3.8, 4) is 0 Å². The van der Waals surface area contributed by atoms with E-state index in [0.29, 0.717) is 50.5 Å². The normalized spacial score (nSPS) is 10.6. The first-order valence-corrected chi connectivity index (χ1v) is 11.5. The third-order valence-electron chi connectivity index (χ3n) is 4.88. The zero-order chi connectivity index (χ0) is 26.2. The molecule has 0 amide bonds. The number of esters is 4. The molecule has 10 heteroatoms. The van der Waals surface area contributed by atoms with Crippen LogP contribution in [0.2, 0.25) is 0 Å². The van der Waals surface area contributed by atoms with Gasteiger partial charge in [-0.2, -0.15) is 0 Å². The van der Waals surface area contributed by atoms with Gasteiger partial charge >= 0.3 is 23.9 Å². The molecule has 10 nitrogen and oxygen atoms in total. The average Bonchev–Trinajstić information content (AvgIpc) is 2.85. The lowest BCUT2D eigenvalue weighted by atomic mass is 10.1. The minimum Gasteiger partial charge on any atom is -0.384 e. The van der Waals surface area contributed by atoms with Gasteiger partial charge in [0, 0.05) is 40.4 Å². The molecular formula is C26H32N2O8. The van der Waals surface area contributed by atoms with Crippen molar-refractivity contribution >= 4 is 23.9 Å². The van der Waals surface area contributed by atoms with Crippen molar-refractivity contribution in [2.45, 2.75) is 25.9 Å². The van der Waals surface area contributed by atoms with Gasteiger partial charge in [0.1, 0.15) is 0 Å². The summed E-state index contributed by atoms with van der Waals surface area (Å²) in [6.45, 7) is 3.66. The summed E-state index contributed by atoms with van der Waals surface area (Å²) in [6, 6.07) is 14.3. The molecule has 0 fully saturated rings. The number of hydrogen-bond donors (Lipinski definition) is 2. The first kappa shape index (κ1) is 28.8. The number of rotatable bonds is 14. The molecule has 0 saturated carbocycles. The maximum Gasteiger partial charge on any atom is 0.425 e. The van der Waals surface area contributed by atoms with Crippen LogP contribution >= 0.6 is 0 Å². The zero-order valence-corrected chi connectivity index (χ0v) is 20.5. The molecule has 0 spiro atoms. The van der Waals surface area contributed by atoms with Crippen LogP contribution in [0.25, 0.3) is 0 Å². The zero-order valence-electron chi connectivity index (χ0n) is 20.5. The molecule has 0 saturated heterocycles. The van der Waals surface area contributed by atoms with Crippen LogP contribution in [-0.2, 0) is 64.1 Å². The molecule has 36 heavy (non-hydrogen) atoms. The number of carbonyl (C=O) groups is 4. The van der Waals surface area contributed by atoms with Gasteiger partial charge in [-0.15, -0.1) is 0 Å². The van der Waals surface area contributed by atoms with E-state index in [0.717, 1.165) is 11.1 Å². The molecule has 0 atom stereocenters. The lowest BCUT2D eigenvalue weighted by Gasteiger charge is -2.08. The predicted molar refractivity (Wildman–Crippen MR) is 130 cm³/mol. The molecule has 2 N–H and O–H groups in total. The second-order valence-electron chi connectivity index (χ2n) is 7.86. The summed E-state index contributed by atoms with van der Waals surface area (Å²) in [4.78, 5) is 48.0. The van der Waals surface area contributed by atoms with Crippen LogP contribution in [0.5, 0.6) is 0 Å². The highest BCUT2D eigenvalue weighted by molar-refractivity contribution is 6.33. The number of nitrogens with one attached hydrogen (secondary N) is 2. The van der Waals surface area contributed by atoms with Gasteiger partial charge in [-0.1, -0.05) is 48.5 Å². The summed E-state index contributed by atoms with van der Waals surface area (Å²) >= 11 is 0. The summed E-state index contributed by atoms with van der Waals surface area (Å²) < 4.78 is 19.0. The maximum atomic E-state index is 12.1. The summed E-state index contributed by atoms with van der Waals surface area (Å²) in [7, 11) is 3.23. The summed E-state index contributed by atoms with van der Waals surface area (Å²) in [5.41, 5.74) is 3.09. The molecule has 0 unspecified atom stereocenters. The van der Waals surface area contributed by atoms with Gasteiger partial charge in [0.05, 0.1) is 26.1 Å². The van der Waals surface area contributed by atoms with Crippen molar-refractivity contribution in [3.05, 3.63) is 70.8 Å². The number of carbonyl (C=O) groups excluding carboxylic acids is 4. The molecule has 0 aliphatic rings. The van der Waals surface area contributed by atoms with Gasteiger partial charge in [-0.25, -0.2) is 9.59 Å². The molecule has 0 aliphatic carbocycles. The van der Waals surface area contributed by atoms with Crippen molar-refractivity contribution < 1.29 is 38.1 Å². The van der Waals surface area contributed by atoms with E-state index >= 15 is 0 Å². The quantitative estimate of drug-likeness (QED) is 0.168. The van der Waals surface area contributed by atoms with E-state index in [9.17, 15) is 19.2 Å². The number of methoxy groups -OCH3 is 2. The molecule has 0 aromatic heterocycles. The third kappa shape index (κ3) is 11.3. The van der Waals surface area contributed by atoms with E-state index in [4.69, 9.17) is 9.47 Å². The number of benzene rings is 2. The molecular weight excluding hydrogens is 468 g/mol. The largest absolute Gasteiger partial charge is 0.425 e. The Morgan fingerprint density at radius 1 is 0.639 bits per heavy atom. The molecule has 0 heterocycles. The van der Waals surface area contributed by atoms with Crippen LogP contribution in [0.15, 0.2) is 48.5 Å². The SMILES string of the molecule is COCCNCc1cccc(CC(=O)OC(=O)C(=O)OC(=O)Cc2cccc(CNCCOC)c2)c1. The van der Waals surface area contributed by atoms with Gasteiger partial charge in [0.15, 0.2) is 0 Å². The van der Waals surface area contributed by atoms with E-state index in [1.807, 2.05) is 12.1 Å². The lowest BCUT2D eigenvalue weighted by Crippen LogP contribution is -2.27. The fourth-order valence-electron chi connectivity index (χ4n) is 3.21. The maximum absolute atomic E-state index is 12.1. The highest BCUT2D eigenvalue weighted by Crippen LogP contribution is 2.09. The molecule has 0 radical (unpaired) electrons. The first-order chi connectivity index (χ1) is 17.4. The Bertz CT molecular complexity index is 943. The minimum atomic E-state index is -1.54. The fraction of sp³-hybridized carbons (Fsp3) is 0.385. The Kier molecular flexibility index (Phi) is 13.0.